The van der Waals surface area contributed by atoms with Crippen LogP contribution in [0.3, 0.4) is 0 Å². The van der Waals surface area contributed by atoms with E-state index in [1.54, 1.807) is 16.4 Å². The molecule has 2 aromatic rings. The molecular weight excluding hydrogens is 642 g/mol. The highest BCUT2D eigenvalue weighted by atomic mass is 127. The molecule has 0 amide bonds. The van der Waals surface area contributed by atoms with Crippen molar-refractivity contribution in [3.8, 4) is 0 Å². The van der Waals surface area contributed by atoms with E-state index in [2.05, 4.69) is 46.2 Å². The first kappa shape index (κ1) is 31.4. The molecule has 0 unspecified atom stereocenters. The lowest BCUT2D eigenvalue weighted by Crippen LogP contribution is -2.48. The lowest BCUT2D eigenvalue weighted by atomic mass is 9.81. The van der Waals surface area contributed by atoms with Crippen molar-refractivity contribution in [3.05, 3.63) is 52.1 Å². The van der Waals surface area contributed by atoms with Gasteiger partial charge in [0.15, 0.2) is 0 Å². The largest absolute Gasteiger partial charge is 0.488 e. The summed E-state index contributed by atoms with van der Waals surface area (Å²) in [7, 11) is -8.38. The first-order valence-electron chi connectivity index (χ1n) is 12.7. The third-order valence-electron chi connectivity index (χ3n) is 6.82. The Labute approximate surface area is 240 Å². The second-order valence-corrected chi connectivity index (χ2v) is 14.2. The monoisotopic (exact) mass is 678 g/mol. The normalized spacial score (nSPS) is 18.6. The zero-order chi connectivity index (χ0) is 27.9. The third-order valence-corrected chi connectivity index (χ3v) is 11.4. The van der Waals surface area contributed by atoms with Crippen molar-refractivity contribution < 1.29 is 26.9 Å². The van der Waals surface area contributed by atoms with Crippen LogP contribution in [-0.2, 0) is 20.0 Å². The average Bonchev–Trinajstić information content (AvgIpc) is 2.93. The number of nitrogens with zero attached hydrogens (tertiary/aromatic N) is 4. The molecule has 0 bridgehead atoms. The lowest BCUT2D eigenvalue weighted by Gasteiger charge is -2.33. The van der Waals surface area contributed by atoms with Crippen LogP contribution >= 0.6 is 22.6 Å². The van der Waals surface area contributed by atoms with Crippen LogP contribution in [-0.4, -0.2) is 118 Å². The molecule has 2 aliphatic heterocycles. The molecular formula is C24H36BIN4O6S2. The Morgan fingerprint density at radius 3 is 1.32 bits per heavy atom. The number of piperazine rings is 2. The first-order chi connectivity index (χ1) is 18.0. The van der Waals surface area contributed by atoms with Gasteiger partial charge in [0.25, 0.3) is 0 Å². The summed E-state index contributed by atoms with van der Waals surface area (Å²) in [4.78, 5) is 5.05. The highest BCUT2D eigenvalue weighted by molar-refractivity contribution is 14.1. The summed E-state index contributed by atoms with van der Waals surface area (Å²) in [5.74, 6) is 0. The van der Waals surface area contributed by atoms with Gasteiger partial charge in [0.2, 0.25) is 20.0 Å². The molecule has 2 N–H and O–H groups in total. The Balaban J connectivity index is 0.000000212. The van der Waals surface area contributed by atoms with Gasteiger partial charge < -0.3 is 19.8 Å². The predicted octanol–water partition coefficient (Wildman–Crippen LogP) is 0.310. The summed E-state index contributed by atoms with van der Waals surface area (Å²) in [6, 6.07) is 12.7. The molecule has 14 heteroatoms. The fraction of sp³-hybridized carbons (Fsp3) is 0.500. The second-order valence-electron chi connectivity index (χ2n) is 9.07. The third kappa shape index (κ3) is 7.98. The minimum Gasteiger partial charge on any atom is -0.423 e. The van der Waals surface area contributed by atoms with Crippen LogP contribution in [0.1, 0.15) is 13.8 Å². The van der Waals surface area contributed by atoms with Gasteiger partial charge in [0.05, 0.1) is 9.79 Å². The maximum absolute atomic E-state index is 12.4. The number of hydrogen-bond acceptors (Lipinski definition) is 8. The van der Waals surface area contributed by atoms with Crippen molar-refractivity contribution in [2.24, 2.45) is 0 Å². The van der Waals surface area contributed by atoms with Crippen LogP contribution in [0.4, 0.5) is 0 Å². The van der Waals surface area contributed by atoms with Crippen molar-refractivity contribution in [2.75, 3.05) is 65.4 Å². The van der Waals surface area contributed by atoms with Crippen molar-refractivity contribution in [2.45, 2.75) is 23.6 Å². The lowest BCUT2D eigenvalue weighted by molar-refractivity contribution is 0.196. The predicted molar refractivity (Wildman–Crippen MR) is 157 cm³/mol. The molecule has 0 atom stereocenters. The van der Waals surface area contributed by atoms with E-state index < -0.39 is 27.2 Å². The summed E-state index contributed by atoms with van der Waals surface area (Å²) in [6.07, 6.45) is 0. The maximum Gasteiger partial charge on any atom is 0.488 e. The van der Waals surface area contributed by atoms with Crippen LogP contribution in [0.25, 0.3) is 0 Å². The quantitative estimate of drug-likeness (QED) is 0.318. The fourth-order valence-corrected chi connectivity index (χ4v) is 7.49. The highest BCUT2D eigenvalue weighted by Crippen LogP contribution is 2.19. The Morgan fingerprint density at radius 1 is 0.658 bits per heavy atom. The average molecular weight is 678 g/mol. The molecule has 0 radical (unpaired) electrons. The topological polar surface area (TPSA) is 122 Å². The second kappa shape index (κ2) is 14.0. The van der Waals surface area contributed by atoms with E-state index in [4.69, 9.17) is 10.0 Å². The van der Waals surface area contributed by atoms with Gasteiger partial charge in [0.1, 0.15) is 0 Å². The number of hydrogen-bond donors (Lipinski definition) is 2. The standard InChI is InChI=1S/C12H19BN2O4S.C12H17IN2O2S/c1-2-14-7-9-15(10-8-14)20(18,19)12-5-3-11(4-6-12)13(16)17;1-2-14-7-9-15(10-8-14)18(16,17)12-5-3-11(13)4-6-12/h3-6,16-17H,2,7-10H2,1H3;3-6H,2,7-10H2,1H3. The molecule has 210 valence electrons. The zero-order valence-corrected chi connectivity index (χ0v) is 25.6. The summed E-state index contributed by atoms with van der Waals surface area (Å²) in [5, 5.41) is 18.0. The molecule has 2 saturated heterocycles. The number of benzene rings is 2. The van der Waals surface area contributed by atoms with E-state index in [1.165, 1.54) is 28.6 Å². The molecule has 0 aliphatic carbocycles. The Morgan fingerprint density at radius 2 is 1.00 bits per heavy atom. The van der Waals surface area contributed by atoms with Crippen LogP contribution < -0.4 is 5.46 Å². The summed E-state index contributed by atoms with van der Waals surface area (Å²) in [5.41, 5.74) is 0.278. The summed E-state index contributed by atoms with van der Waals surface area (Å²) < 4.78 is 53.8. The van der Waals surface area contributed by atoms with Crippen LogP contribution in [0.15, 0.2) is 58.3 Å². The van der Waals surface area contributed by atoms with Gasteiger partial charge in [-0.1, -0.05) is 26.0 Å². The van der Waals surface area contributed by atoms with Gasteiger partial charge in [-0.3, -0.25) is 0 Å². The van der Waals surface area contributed by atoms with Gasteiger partial charge in [-0.15, -0.1) is 0 Å². The van der Waals surface area contributed by atoms with Gasteiger partial charge >= 0.3 is 7.12 Å². The molecule has 0 spiro atoms. The molecule has 0 saturated carbocycles. The van der Waals surface area contributed by atoms with Gasteiger partial charge in [-0.25, -0.2) is 16.8 Å². The number of halogens is 1. The maximum atomic E-state index is 12.4. The van der Waals surface area contributed by atoms with Gasteiger partial charge in [-0.05, 0) is 77.5 Å². The van der Waals surface area contributed by atoms with E-state index >= 15 is 0 Å². The summed E-state index contributed by atoms with van der Waals surface area (Å²) >= 11 is 2.17. The zero-order valence-electron chi connectivity index (χ0n) is 21.8. The number of likely N-dealkylation sites (N-methyl/N-ethyl adjacent to an activating group) is 2. The van der Waals surface area contributed by atoms with E-state index in [9.17, 15) is 16.8 Å². The number of sulfonamides is 2. The van der Waals surface area contributed by atoms with E-state index in [0.29, 0.717) is 31.1 Å². The summed E-state index contributed by atoms with van der Waals surface area (Å²) in [6.45, 7) is 11.3. The molecule has 0 aromatic heterocycles. The molecule has 2 fully saturated rings. The van der Waals surface area contributed by atoms with Crippen molar-refractivity contribution in [1.29, 1.82) is 0 Å². The minimum absolute atomic E-state index is 0.187. The van der Waals surface area contributed by atoms with E-state index in [0.717, 1.165) is 42.8 Å². The SMILES string of the molecule is CCN1CCN(S(=O)(=O)c2ccc(B(O)O)cc2)CC1.CCN1CCN(S(=O)(=O)c2ccc(I)cc2)CC1. The first-order valence-corrected chi connectivity index (χ1v) is 16.6. The molecule has 10 nitrogen and oxygen atoms in total. The Hall–Kier alpha value is -1.11. The minimum atomic E-state index is -3.49. The van der Waals surface area contributed by atoms with Gasteiger partial charge in [0, 0.05) is 55.9 Å². The van der Waals surface area contributed by atoms with Crippen molar-refractivity contribution in [3.63, 3.8) is 0 Å². The Kier molecular flexibility index (Phi) is 11.6. The molecule has 2 heterocycles. The molecule has 38 heavy (non-hydrogen) atoms. The van der Waals surface area contributed by atoms with Crippen molar-refractivity contribution in [1.82, 2.24) is 18.4 Å². The molecule has 2 aromatic carbocycles. The molecule has 2 aliphatic rings. The fourth-order valence-electron chi connectivity index (χ4n) is 4.29. The Bertz CT molecular complexity index is 1230. The molecule has 4 rings (SSSR count). The van der Waals surface area contributed by atoms with Crippen LogP contribution in [0.2, 0.25) is 0 Å². The van der Waals surface area contributed by atoms with Crippen LogP contribution in [0.5, 0.6) is 0 Å². The smallest absolute Gasteiger partial charge is 0.423 e. The van der Waals surface area contributed by atoms with E-state index in [-0.39, 0.29) is 10.4 Å². The highest BCUT2D eigenvalue weighted by Gasteiger charge is 2.29. The van der Waals surface area contributed by atoms with E-state index in [1.807, 2.05) is 12.1 Å². The van der Waals surface area contributed by atoms with Gasteiger partial charge in [-0.2, -0.15) is 8.61 Å². The number of rotatable bonds is 7. The van der Waals surface area contributed by atoms with Crippen molar-refractivity contribution >= 4 is 55.2 Å². The van der Waals surface area contributed by atoms with Crippen LogP contribution in [0, 0.1) is 3.57 Å².